The Labute approximate surface area is 120 Å². The number of likely N-dealkylation sites (tertiary alicyclic amines) is 1. The number of hydrogen-bond acceptors (Lipinski definition) is 3. The maximum Gasteiger partial charge on any atom is 0.231 e. The van der Waals surface area contributed by atoms with E-state index in [-0.39, 0.29) is 23.8 Å². The molecule has 0 aromatic carbocycles. The average molecular weight is 279 g/mol. The standard InChI is InChI=1S/C15H25N3O2/c1-11(2)13-4-3-7-18(13)15(20)12-5-8-17(9-6-12)10-14(16)19/h3-4,11-13H,5-10H2,1-2H3,(H2,16,19)/t13-/m0/s1. The van der Waals surface area contributed by atoms with Crippen molar-refractivity contribution in [3.05, 3.63) is 12.2 Å². The molecule has 2 amide bonds. The van der Waals surface area contributed by atoms with Gasteiger partial charge in [-0.1, -0.05) is 26.0 Å². The van der Waals surface area contributed by atoms with E-state index in [1.54, 1.807) is 0 Å². The van der Waals surface area contributed by atoms with Gasteiger partial charge in [0, 0.05) is 12.5 Å². The van der Waals surface area contributed by atoms with Crippen LogP contribution in [0.2, 0.25) is 0 Å². The van der Waals surface area contributed by atoms with Gasteiger partial charge >= 0.3 is 0 Å². The summed E-state index contributed by atoms with van der Waals surface area (Å²) in [4.78, 5) is 27.6. The number of piperidine rings is 1. The van der Waals surface area contributed by atoms with Gasteiger partial charge in [-0.05, 0) is 31.8 Å². The molecule has 0 saturated carbocycles. The van der Waals surface area contributed by atoms with Gasteiger partial charge < -0.3 is 10.6 Å². The molecule has 0 aromatic rings. The van der Waals surface area contributed by atoms with Gasteiger partial charge in [0.25, 0.3) is 0 Å². The lowest BCUT2D eigenvalue weighted by molar-refractivity contribution is -0.138. The summed E-state index contributed by atoms with van der Waals surface area (Å²) in [6.07, 6.45) is 5.89. The van der Waals surface area contributed by atoms with Crippen LogP contribution in [-0.4, -0.2) is 53.8 Å². The van der Waals surface area contributed by atoms with Gasteiger partial charge in [-0.15, -0.1) is 0 Å². The van der Waals surface area contributed by atoms with Crippen molar-refractivity contribution in [2.75, 3.05) is 26.2 Å². The van der Waals surface area contributed by atoms with E-state index in [0.29, 0.717) is 12.5 Å². The maximum absolute atomic E-state index is 12.6. The van der Waals surface area contributed by atoms with E-state index in [0.717, 1.165) is 32.5 Å². The summed E-state index contributed by atoms with van der Waals surface area (Å²) in [6.45, 7) is 6.91. The first-order chi connectivity index (χ1) is 9.49. The number of nitrogens with zero attached hydrogens (tertiary/aromatic N) is 2. The summed E-state index contributed by atoms with van der Waals surface area (Å²) in [6, 6.07) is 0.242. The van der Waals surface area contributed by atoms with Crippen LogP contribution in [-0.2, 0) is 9.59 Å². The molecule has 5 nitrogen and oxygen atoms in total. The molecule has 0 bridgehead atoms. The predicted molar refractivity (Wildman–Crippen MR) is 77.8 cm³/mol. The van der Waals surface area contributed by atoms with Crippen molar-refractivity contribution < 1.29 is 9.59 Å². The Bertz CT molecular complexity index is 398. The highest BCUT2D eigenvalue weighted by molar-refractivity contribution is 5.80. The van der Waals surface area contributed by atoms with E-state index < -0.39 is 0 Å². The molecule has 5 heteroatoms. The quantitative estimate of drug-likeness (QED) is 0.767. The number of hydrogen-bond donors (Lipinski definition) is 1. The SMILES string of the molecule is CC(C)[C@@H]1C=CCN1C(=O)C1CCN(CC(N)=O)CC1. The molecule has 0 spiro atoms. The second-order valence-corrected chi connectivity index (χ2v) is 6.17. The van der Waals surface area contributed by atoms with Crippen LogP contribution in [0.15, 0.2) is 12.2 Å². The zero-order valence-electron chi connectivity index (χ0n) is 12.4. The maximum atomic E-state index is 12.6. The van der Waals surface area contributed by atoms with E-state index in [2.05, 4.69) is 26.0 Å². The lowest BCUT2D eigenvalue weighted by Gasteiger charge is -2.35. The smallest absolute Gasteiger partial charge is 0.231 e. The minimum Gasteiger partial charge on any atom is -0.369 e. The number of amides is 2. The molecule has 20 heavy (non-hydrogen) atoms. The summed E-state index contributed by atoms with van der Waals surface area (Å²) in [5.41, 5.74) is 5.20. The number of carbonyl (C=O) groups is 2. The third-order valence-corrected chi connectivity index (χ3v) is 4.28. The van der Waals surface area contributed by atoms with Gasteiger partial charge in [0.15, 0.2) is 0 Å². The molecule has 0 radical (unpaired) electrons. The summed E-state index contributed by atoms with van der Waals surface area (Å²) in [7, 11) is 0. The fraction of sp³-hybridized carbons (Fsp3) is 0.733. The Balaban J connectivity index is 1.87. The third-order valence-electron chi connectivity index (χ3n) is 4.28. The molecular formula is C15H25N3O2. The largest absolute Gasteiger partial charge is 0.369 e. The van der Waals surface area contributed by atoms with E-state index in [1.807, 2.05) is 9.80 Å². The van der Waals surface area contributed by atoms with Gasteiger partial charge in [0.05, 0.1) is 12.6 Å². The van der Waals surface area contributed by atoms with E-state index >= 15 is 0 Å². The number of nitrogens with two attached hydrogens (primary N) is 1. The Morgan fingerprint density at radius 3 is 2.50 bits per heavy atom. The van der Waals surface area contributed by atoms with Crippen molar-refractivity contribution in [3.8, 4) is 0 Å². The van der Waals surface area contributed by atoms with Crippen LogP contribution in [0.1, 0.15) is 26.7 Å². The minimum atomic E-state index is -0.293. The highest BCUT2D eigenvalue weighted by atomic mass is 16.2. The molecule has 1 atom stereocenters. The normalized spacial score (nSPS) is 24.6. The van der Waals surface area contributed by atoms with Crippen LogP contribution in [0.5, 0.6) is 0 Å². The van der Waals surface area contributed by atoms with Crippen molar-refractivity contribution in [2.24, 2.45) is 17.6 Å². The van der Waals surface area contributed by atoms with Gasteiger partial charge in [0.2, 0.25) is 11.8 Å². The van der Waals surface area contributed by atoms with Crippen LogP contribution >= 0.6 is 0 Å². The summed E-state index contributed by atoms with van der Waals surface area (Å²) in [5.74, 6) is 0.527. The van der Waals surface area contributed by atoms with Gasteiger partial charge in [-0.25, -0.2) is 0 Å². The molecule has 112 valence electrons. The lowest BCUT2D eigenvalue weighted by atomic mass is 9.94. The molecule has 1 saturated heterocycles. The van der Waals surface area contributed by atoms with Crippen molar-refractivity contribution in [1.82, 2.24) is 9.80 Å². The van der Waals surface area contributed by atoms with E-state index in [4.69, 9.17) is 5.73 Å². The summed E-state index contributed by atoms with van der Waals surface area (Å²) < 4.78 is 0. The van der Waals surface area contributed by atoms with Crippen molar-refractivity contribution in [2.45, 2.75) is 32.7 Å². The Hall–Kier alpha value is -1.36. The van der Waals surface area contributed by atoms with Crippen LogP contribution in [0.4, 0.5) is 0 Å². The van der Waals surface area contributed by atoms with Crippen molar-refractivity contribution >= 4 is 11.8 Å². The molecule has 2 aliphatic rings. The molecule has 0 aliphatic carbocycles. The first-order valence-electron chi connectivity index (χ1n) is 7.47. The van der Waals surface area contributed by atoms with Gasteiger partial charge in [-0.3, -0.25) is 14.5 Å². The highest BCUT2D eigenvalue weighted by Gasteiger charge is 2.33. The van der Waals surface area contributed by atoms with Crippen LogP contribution in [0.25, 0.3) is 0 Å². The zero-order chi connectivity index (χ0) is 14.7. The third kappa shape index (κ3) is 3.39. The number of carbonyl (C=O) groups excluding carboxylic acids is 2. The van der Waals surface area contributed by atoms with Crippen LogP contribution < -0.4 is 5.73 Å². The van der Waals surface area contributed by atoms with Gasteiger partial charge in [0.1, 0.15) is 0 Å². The Morgan fingerprint density at radius 2 is 1.95 bits per heavy atom. The molecule has 0 unspecified atom stereocenters. The molecule has 2 aliphatic heterocycles. The van der Waals surface area contributed by atoms with E-state index in [9.17, 15) is 9.59 Å². The molecule has 0 aromatic heterocycles. The molecule has 2 N–H and O–H groups in total. The predicted octanol–water partition coefficient (Wildman–Crippen LogP) is 0.607. The summed E-state index contributed by atoms with van der Waals surface area (Å²) >= 11 is 0. The second-order valence-electron chi connectivity index (χ2n) is 6.17. The van der Waals surface area contributed by atoms with Crippen LogP contribution in [0, 0.1) is 11.8 Å². The fourth-order valence-corrected chi connectivity index (χ4v) is 3.15. The topological polar surface area (TPSA) is 66.6 Å². The van der Waals surface area contributed by atoms with Crippen molar-refractivity contribution in [3.63, 3.8) is 0 Å². The lowest BCUT2D eigenvalue weighted by Crippen LogP contribution is -2.47. The highest BCUT2D eigenvalue weighted by Crippen LogP contribution is 2.25. The van der Waals surface area contributed by atoms with E-state index in [1.165, 1.54) is 0 Å². The molecule has 2 rings (SSSR count). The minimum absolute atomic E-state index is 0.0975. The van der Waals surface area contributed by atoms with Crippen molar-refractivity contribution in [1.29, 1.82) is 0 Å². The van der Waals surface area contributed by atoms with Crippen LogP contribution in [0.3, 0.4) is 0 Å². The monoisotopic (exact) mass is 279 g/mol. The zero-order valence-corrected chi connectivity index (χ0v) is 12.4. The second kappa shape index (κ2) is 6.39. The summed E-state index contributed by atoms with van der Waals surface area (Å²) in [5, 5.41) is 0. The van der Waals surface area contributed by atoms with Gasteiger partial charge in [-0.2, -0.15) is 0 Å². The first-order valence-corrected chi connectivity index (χ1v) is 7.47. The number of primary amides is 1. The molecule has 2 heterocycles. The Morgan fingerprint density at radius 1 is 1.30 bits per heavy atom. The molecule has 1 fully saturated rings. The number of rotatable bonds is 4. The molecular weight excluding hydrogens is 254 g/mol. The Kier molecular flexibility index (Phi) is 4.81. The average Bonchev–Trinajstić information content (AvgIpc) is 2.87. The fourth-order valence-electron chi connectivity index (χ4n) is 3.15. The first kappa shape index (κ1) is 15.0.